The third kappa shape index (κ3) is 1.41. The molecule has 0 unspecified atom stereocenters. The average Bonchev–Trinajstić information content (AvgIpc) is 2.81. The van der Waals surface area contributed by atoms with E-state index in [0.717, 1.165) is 16.9 Å². The Hall–Kier alpha value is -2.03. The largest absolute Gasteiger partial charge is 0.464 e. The van der Waals surface area contributed by atoms with Gasteiger partial charge in [0.05, 0.1) is 12.7 Å². The normalized spacial score (nSPS) is 14.4. The summed E-state index contributed by atoms with van der Waals surface area (Å²) in [6.07, 6.45) is 2.09. The van der Waals surface area contributed by atoms with E-state index in [1.54, 1.807) is 6.26 Å². The summed E-state index contributed by atoms with van der Waals surface area (Å²) in [5.41, 5.74) is 3.28. The van der Waals surface area contributed by atoms with Crippen LogP contribution in [0.2, 0.25) is 0 Å². The lowest BCUT2D eigenvalue weighted by Crippen LogP contribution is -2.30. The number of carbonyl (C=O) groups excluding carboxylic acids is 1. The standard InChI is InChI=1S/C13H11NO2/c15-13-7-11-9(8-14-13)3-1-4-10(11)12-5-2-6-16-12/h1-6H,7-8H2,(H,14,15). The third-order valence-electron chi connectivity index (χ3n) is 2.87. The van der Waals surface area contributed by atoms with Crippen LogP contribution in [0.25, 0.3) is 11.3 Å². The SMILES string of the molecule is O=C1Cc2c(cccc2-c2ccco2)CN1. The zero-order chi connectivity index (χ0) is 11.0. The van der Waals surface area contributed by atoms with Gasteiger partial charge in [-0.3, -0.25) is 4.79 Å². The molecule has 0 saturated carbocycles. The molecule has 80 valence electrons. The number of nitrogens with one attached hydrogen (secondary N) is 1. The van der Waals surface area contributed by atoms with Crippen molar-refractivity contribution in [2.45, 2.75) is 13.0 Å². The zero-order valence-electron chi connectivity index (χ0n) is 8.69. The average molecular weight is 213 g/mol. The van der Waals surface area contributed by atoms with Crippen LogP contribution in [-0.4, -0.2) is 5.91 Å². The van der Waals surface area contributed by atoms with Crippen LogP contribution in [0.1, 0.15) is 11.1 Å². The molecule has 1 aromatic heterocycles. The molecule has 2 heterocycles. The Morgan fingerprint density at radius 1 is 1.19 bits per heavy atom. The number of benzene rings is 1. The Balaban J connectivity index is 2.16. The number of amides is 1. The summed E-state index contributed by atoms with van der Waals surface area (Å²) in [6.45, 7) is 0.614. The second kappa shape index (κ2) is 3.52. The van der Waals surface area contributed by atoms with Crippen molar-refractivity contribution in [3.05, 3.63) is 47.7 Å². The Morgan fingerprint density at radius 3 is 2.94 bits per heavy atom. The van der Waals surface area contributed by atoms with E-state index in [1.165, 1.54) is 5.56 Å². The van der Waals surface area contributed by atoms with Crippen LogP contribution in [0, 0.1) is 0 Å². The maximum Gasteiger partial charge on any atom is 0.224 e. The lowest BCUT2D eigenvalue weighted by Gasteiger charge is -2.18. The fourth-order valence-electron chi connectivity index (χ4n) is 2.09. The van der Waals surface area contributed by atoms with Crippen molar-refractivity contribution in [2.24, 2.45) is 0 Å². The molecule has 3 nitrogen and oxygen atoms in total. The van der Waals surface area contributed by atoms with Crippen molar-refractivity contribution in [1.82, 2.24) is 5.32 Å². The molecule has 0 fully saturated rings. The van der Waals surface area contributed by atoms with Crippen LogP contribution in [0.15, 0.2) is 41.0 Å². The summed E-state index contributed by atoms with van der Waals surface area (Å²) in [5.74, 6) is 0.901. The highest BCUT2D eigenvalue weighted by atomic mass is 16.3. The van der Waals surface area contributed by atoms with E-state index in [1.807, 2.05) is 30.3 Å². The highest BCUT2D eigenvalue weighted by Gasteiger charge is 2.19. The summed E-state index contributed by atoms with van der Waals surface area (Å²) < 4.78 is 5.39. The molecular formula is C13H11NO2. The first kappa shape index (κ1) is 9.21. The Labute approximate surface area is 93.1 Å². The first-order valence-electron chi connectivity index (χ1n) is 5.26. The molecule has 0 spiro atoms. The fourth-order valence-corrected chi connectivity index (χ4v) is 2.09. The molecule has 1 aliphatic heterocycles. The lowest BCUT2D eigenvalue weighted by molar-refractivity contribution is -0.121. The van der Waals surface area contributed by atoms with E-state index < -0.39 is 0 Å². The van der Waals surface area contributed by atoms with Crippen molar-refractivity contribution in [2.75, 3.05) is 0 Å². The number of furan rings is 1. The molecular weight excluding hydrogens is 202 g/mol. The van der Waals surface area contributed by atoms with E-state index in [4.69, 9.17) is 4.42 Å². The van der Waals surface area contributed by atoms with Crippen LogP contribution in [-0.2, 0) is 17.8 Å². The number of hydrogen-bond donors (Lipinski definition) is 1. The van der Waals surface area contributed by atoms with Gasteiger partial charge in [-0.2, -0.15) is 0 Å². The van der Waals surface area contributed by atoms with Crippen LogP contribution in [0.4, 0.5) is 0 Å². The quantitative estimate of drug-likeness (QED) is 0.788. The number of carbonyl (C=O) groups is 1. The molecule has 0 radical (unpaired) electrons. The highest BCUT2D eigenvalue weighted by molar-refractivity contribution is 5.83. The molecule has 1 N–H and O–H groups in total. The van der Waals surface area contributed by atoms with Crippen LogP contribution in [0.5, 0.6) is 0 Å². The summed E-state index contributed by atoms with van der Waals surface area (Å²) in [5, 5.41) is 2.84. The van der Waals surface area contributed by atoms with Gasteiger partial charge in [-0.05, 0) is 23.3 Å². The molecule has 2 aromatic rings. The van der Waals surface area contributed by atoms with Crippen molar-refractivity contribution in [3.63, 3.8) is 0 Å². The van der Waals surface area contributed by atoms with Gasteiger partial charge in [0.2, 0.25) is 5.91 Å². The van der Waals surface area contributed by atoms with E-state index in [0.29, 0.717) is 13.0 Å². The van der Waals surface area contributed by atoms with Gasteiger partial charge < -0.3 is 9.73 Å². The summed E-state index contributed by atoms with van der Waals surface area (Å²) >= 11 is 0. The summed E-state index contributed by atoms with van der Waals surface area (Å²) in [4.78, 5) is 11.4. The van der Waals surface area contributed by atoms with Gasteiger partial charge in [0.1, 0.15) is 5.76 Å². The van der Waals surface area contributed by atoms with Gasteiger partial charge in [0.15, 0.2) is 0 Å². The molecule has 0 atom stereocenters. The van der Waals surface area contributed by atoms with Gasteiger partial charge in [0, 0.05) is 12.1 Å². The van der Waals surface area contributed by atoms with Crippen molar-refractivity contribution >= 4 is 5.91 Å². The van der Waals surface area contributed by atoms with Crippen LogP contribution < -0.4 is 5.32 Å². The predicted molar refractivity (Wildman–Crippen MR) is 59.7 cm³/mol. The Morgan fingerprint density at radius 2 is 2.12 bits per heavy atom. The van der Waals surface area contributed by atoms with Gasteiger partial charge in [-0.25, -0.2) is 0 Å². The van der Waals surface area contributed by atoms with Crippen molar-refractivity contribution in [3.8, 4) is 11.3 Å². The van der Waals surface area contributed by atoms with E-state index in [9.17, 15) is 4.79 Å². The predicted octanol–water partition coefficient (Wildman–Crippen LogP) is 2.12. The second-order valence-electron chi connectivity index (χ2n) is 3.87. The first-order chi connectivity index (χ1) is 7.84. The van der Waals surface area contributed by atoms with Gasteiger partial charge in [-0.1, -0.05) is 18.2 Å². The van der Waals surface area contributed by atoms with Gasteiger partial charge >= 0.3 is 0 Å². The molecule has 16 heavy (non-hydrogen) atoms. The van der Waals surface area contributed by atoms with Gasteiger partial charge in [0.25, 0.3) is 0 Å². The van der Waals surface area contributed by atoms with Crippen molar-refractivity contribution in [1.29, 1.82) is 0 Å². The highest BCUT2D eigenvalue weighted by Crippen LogP contribution is 2.28. The molecule has 0 saturated heterocycles. The molecule has 1 aliphatic rings. The van der Waals surface area contributed by atoms with E-state index >= 15 is 0 Å². The second-order valence-corrected chi connectivity index (χ2v) is 3.87. The monoisotopic (exact) mass is 213 g/mol. The van der Waals surface area contributed by atoms with Crippen LogP contribution >= 0.6 is 0 Å². The molecule has 3 rings (SSSR count). The number of fused-ring (bicyclic) bond motifs is 1. The maximum absolute atomic E-state index is 11.4. The Bertz CT molecular complexity index is 529. The molecule has 1 amide bonds. The number of hydrogen-bond acceptors (Lipinski definition) is 2. The number of rotatable bonds is 1. The third-order valence-corrected chi connectivity index (χ3v) is 2.87. The Kier molecular flexibility index (Phi) is 2.03. The van der Waals surface area contributed by atoms with E-state index in [-0.39, 0.29) is 5.91 Å². The molecule has 3 heteroatoms. The molecule has 0 bridgehead atoms. The first-order valence-corrected chi connectivity index (χ1v) is 5.26. The summed E-state index contributed by atoms with van der Waals surface area (Å²) in [7, 11) is 0. The minimum Gasteiger partial charge on any atom is -0.464 e. The van der Waals surface area contributed by atoms with Crippen molar-refractivity contribution < 1.29 is 9.21 Å². The maximum atomic E-state index is 11.4. The minimum absolute atomic E-state index is 0.0755. The smallest absolute Gasteiger partial charge is 0.224 e. The molecule has 1 aromatic carbocycles. The van der Waals surface area contributed by atoms with E-state index in [2.05, 4.69) is 5.32 Å². The fraction of sp³-hybridized carbons (Fsp3) is 0.154. The summed E-state index contributed by atoms with van der Waals surface area (Å²) in [6, 6.07) is 9.81. The lowest BCUT2D eigenvalue weighted by atomic mass is 9.94. The zero-order valence-corrected chi connectivity index (χ0v) is 8.69. The molecule has 0 aliphatic carbocycles. The minimum atomic E-state index is 0.0755. The van der Waals surface area contributed by atoms with Gasteiger partial charge in [-0.15, -0.1) is 0 Å². The van der Waals surface area contributed by atoms with Crippen LogP contribution in [0.3, 0.4) is 0 Å². The topological polar surface area (TPSA) is 42.2 Å².